The van der Waals surface area contributed by atoms with Gasteiger partial charge >= 0.3 is 0 Å². The molecule has 3 N–H and O–H groups in total. The van der Waals surface area contributed by atoms with Crippen LogP contribution in [0.25, 0.3) is 0 Å². The number of nitrogens with one attached hydrogen (secondary N) is 1. The number of hydrazone groups is 1. The van der Waals surface area contributed by atoms with Gasteiger partial charge in [0.05, 0.1) is 12.4 Å². The van der Waals surface area contributed by atoms with Gasteiger partial charge in [-0.05, 0) is 70.8 Å². The summed E-state index contributed by atoms with van der Waals surface area (Å²) in [5.41, 5.74) is 12.5. The van der Waals surface area contributed by atoms with Crippen LogP contribution >= 0.6 is 0 Å². The normalized spacial score (nSPS) is 11.6. The van der Waals surface area contributed by atoms with Crippen molar-refractivity contribution in [1.29, 1.82) is 0 Å². The summed E-state index contributed by atoms with van der Waals surface area (Å²) in [6.07, 6.45) is 3.24. The van der Waals surface area contributed by atoms with Crippen LogP contribution in [0.4, 0.5) is 0 Å². The Balaban J connectivity index is 1.19. The van der Waals surface area contributed by atoms with Crippen LogP contribution in [0.2, 0.25) is 0 Å². The van der Waals surface area contributed by atoms with Crippen molar-refractivity contribution in [2.45, 2.75) is 13.2 Å². The first-order valence-corrected chi connectivity index (χ1v) is 11.4. The van der Waals surface area contributed by atoms with E-state index in [0.29, 0.717) is 13.2 Å². The van der Waals surface area contributed by atoms with Gasteiger partial charge < -0.3 is 15.2 Å². The Labute approximate surface area is 210 Å². The molecule has 0 radical (unpaired) electrons. The topological polar surface area (TPSA) is 93.6 Å². The van der Waals surface area contributed by atoms with Crippen molar-refractivity contribution in [2.24, 2.45) is 21.0 Å². The molecule has 180 valence electrons. The molecule has 0 unspecified atom stereocenters. The fraction of sp³-hybridized carbons (Fsp3) is 0.0690. The average Bonchev–Trinajstić information content (AvgIpc) is 2.93. The van der Waals surface area contributed by atoms with Crippen LogP contribution in [-0.2, 0) is 13.2 Å². The first kappa shape index (κ1) is 24.2. The lowest BCUT2D eigenvalue weighted by Crippen LogP contribution is -2.26. The predicted octanol–water partition coefficient (Wildman–Crippen LogP) is 5.12. The first-order chi connectivity index (χ1) is 17.7. The third-order valence-electron chi connectivity index (χ3n) is 5.02. The second kappa shape index (κ2) is 13.1. The highest BCUT2D eigenvalue weighted by molar-refractivity contribution is 5.84. The van der Waals surface area contributed by atoms with Crippen LogP contribution in [0.1, 0.15) is 22.3 Å². The van der Waals surface area contributed by atoms with Crippen molar-refractivity contribution in [3.05, 3.63) is 131 Å². The molecular formula is C29H27N5O2. The molecule has 0 aliphatic rings. The zero-order valence-corrected chi connectivity index (χ0v) is 19.7. The predicted molar refractivity (Wildman–Crippen MR) is 144 cm³/mol. The van der Waals surface area contributed by atoms with Gasteiger partial charge in [0, 0.05) is 0 Å². The number of benzene rings is 4. The van der Waals surface area contributed by atoms with Crippen LogP contribution in [0.15, 0.2) is 124 Å². The van der Waals surface area contributed by atoms with Crippen LogP contribution in [0, 0.1) is 0 Å². The molecule has 0 spiro atoms. The zero-order valence-electron chi connectivity index (χ0n) is 19.7. The highest BCUT2D eigenvalue weighted by atomic mass is 16.5. The molecule has 0 aromatic heterocycles. The Kier molecular flexibility index (Phi) is 8.81. The van der Waals surface area contributed by atoms with Crippen LogP contribution in [0.5, 0.6) is 11.5 Å². The largest absolute Gasteiger partial charge is 0.489 e. The molecule has 36 heavy (non-hydrogen) atoms. The summed E-state index contributed by atoms with van der Waals surface area (Å²) in [7, 11) is 0. The Morgan fingerprint density at radius 3 is 1.61 bits per heavy atom. The summed E-state index contributed by atoms with van der Waals surface area (Å²) >= 11 is 0. The van der Waals surface area contributed by atoms with E-state index in [9.17, 15) is 0 Å². The van der Waals surface area contributed by atoms with Gasteiger partial charge in [0.15, 0.2) is 0 Å². The molecule has 4 rings (SSSR count). The van der Waals surface area contributed by atoms with E-state index in [-0.39, 0.29) is 5.96 Å². The molecule has 0 bridgehead atoms. The lowest BCUT2D eigenvalue weighted by atomic mass is 10.2. The van der Waals surface area contributed by atoms with E-state index < -0.39 is 0 Å². The van der Waals surface area contributed by atoms with Gasteiger partial charge in [-0.25, -0.2) is 5.43 Å². The Bertz CT molecular complexity index is 1290. The molecule has 0 saturated heterocycles. The second-order valence-electron chi connectivity index (χ2n) is 7.79. The summed E-state index contributed by atoms with van der Waals surface area (Å²) in [6.45, 7) is 1.04. The summed E-state index contributed by atoms with van der Waals surface area (Å²) in [5, 5.41) is 12.0. The van der Waals surface area contributed by atoms with Crippen molar-refractivity contribution < 1.29 is 9.47 Å². The fourth-order valence-electron chi connectivity index (χ4n) is 3.14. The monoisotopic (exact) mass is 477 g/mol. The summed E-state index contributed by atoms with van der Waals surface area (Å²) in [4.78, 5) is 0. The SMILES string of the molecule is NC(=NN=Cc1ccc(OCc2ccccc2)cc1)NN=Cc1ccc(OCc2ccccc2)cc1. The Morgan fingerprint density at radius 2 is 1.11 bits per heavy atom. The van der Waals surface area contributed by atoms with Crippen molar-refractivity contribution in [3.8, 4) is 11.5 Å². The molecule has 0 fully saturated rings. The maximum absolute atomic E-state index is 5.81. The van der Waals surface area contributed by atoms with Crippen molar-refractivity contribution in [3.63, 3.8) is 0 Å². The van der Waals surface area contributed by atoms with Gasteiger partial charge in [0.1, 0.15) is 24.7 Å². The molecule has 4 aromatic rings. The average molecular weight is 478 g/mol. The van der Waals surface area contributed by atoms with E-state index >= 15 is 0 Å². The summed E-state index contributed by atoms with van der Waals surface area (Å²) in [5.74, 6) is 1.65. The van der Waals surface area contributed by atoms with Gasteiger partial charge in [0.25, 0.3) is 0 Å². The molecule has 0 amide bonds. The minimum Gasteiger partial charge on any atom is -0.489 e. The summed E-state index contributed by atoms with van der Waals surface area (Å²) < 4.78 is 11.6. The zero-order chi connectivity index (χ0) is 24.8. The van der Waals surface area contributed by atoms with Crippen molar-refractivity contribution in [2.75, 3.05) is 0 Å². The van der Waals surface area contributed by atoms with Gasteiger partial charge in [-0.15, -0.1) is 5.10 Å². The lowest BCUT2D eigenvalue weighted by Gasteiger charge is -2.06. The van der Waals surface area contributed by atoms with Gasteiger partial charge in [-0.1, -0.05) is 60.7 Å². The quantitative estimate of drug-likeness (QED) is 0.188. The Morgan fingerprint density at radius 1 is 0.639 bits per heavy atom. The van der Waals surface area contributed by atoms with E-state index in [4.69, 9.17) is 15.2 Å². The van der Waals surface area contributed by atoms with Gasteiger partial charge in [-0.2, -0.15) is 10.2 Å². The standard InChI is InChI=1S/C29H27N5O2/c30-29(33-31-19-23-11-15-27(16-12-23)35-21-25-7-3-1-4-8-25)34-32-20-24-13-17-28(18-14-24)36-22-26-9-5-2-6-10-26/h1-20H,21-22H2,(H3,30,33,34). The summed E-state index contributed by atoms with van der Waals surface area (Å²) in [6, 6.07) is 35.2. The number of ether oxygens (including phenoxy) is 2. The molecule has 0 heterocycles. The van der Waals surface area contributed by atoms with E-state index in [0.717, 1.165) is 33.8 Å². The highest BCUT2D eigenvalue weighted by Crippen LogP contribution is 2.14. The van der Waals surface area contributed by atoms with Crippen LogP contribution < -0.4 is 20.6 Å². The maximum atomic E-state index is 5.81. The molecule has 4 aromatic carbocycles. The van der Waals surface area contributed by atoms with Crippen LogP contribution in [-0.4, -0.2) is 18.4 Å². The van der Waals surface area contributed by atoms with Crippen molar-refractivity contribution >= 4 is 18.4 Å². The number of rotatable bonds is 10. The lowest BCUT2D eigenvalue weighted by molar-refractivity contribution is 0.306. The van der Waals surface area contributed by atoms with E-state index in [1.54, 1.807) is 12.4 Å². The minimum absolute atomic E-state index is 0.0770. The van der Waals surface area contributed by atoms with E-state index in [1.165, 1.54) is 0 Å². The van der Waals surface area contributed by atoms with E-state index in [1.807, 2.05) is 109 Å². The Hall–Kier alpha value is -4.91. The third kappa shape index (κ3) is 8.14. The number of nitrogens with two attached hydrogens (primary N) is 1. The first-order valence-electron chi connectivity index (χ1n) is 11.4. The van der Waals surface area contributed by atoms with Crippen LogP contribution in [0.3, 0.4) is 0 Å². The van der Waals surface area contributed by atoms with Gasteiger partial charge in [0.2, 0.25) is 5.96 Å². The molecular weight excluding hydrogens is 450 g/mol. The third-order valence-corrected chi connectivity index (χ3v) is 5.02. The smallest absolute Gasteiger partial charge is 0.234 e. The number of nitrogens with zero attached hydrogens (tertiary/aromatic N) is 3. The molecule has 0 aliphatic carbocycles. The number of guanidine groups is 1. The van der Waals surface area contributed by atoms with E-state index in [2.05, 4.69) is 20.7 Å². The minimum atomic E-state index is 0.0770. The molecule has 0 aliphatic heterocycles. The molecule has 0 atom stereocenters. The maximum Gasteiger partial charge on any atom is 0.234 e. The number of hydrogen-bond acceptors (Lipinski definition) is 5. The highest BCUT2D eigenvalue weighted by Gasteiger charge is 1.97. The number of hydrogen-bond donors (Lipinski definition) is 2. The second-order valence-corrected chi connectivity index (χ2v) is 7.79. The van der Waals surface area contributed by atoms with Crippen molar-refractivity contribution in [1.82, 2.24) is 5.43 Å². The fourth-order valence-corrected chi connectivity index (χ4v) is 3.14. The molecule has 7 heteroatoms. The molecule has 0 saturated carbocycles. The van der Waals surface area contributed by atoms with Gasteiger partial charge in [-0.3, -0.25) is 0 Å². The molecule has 7 nitrogen and oxygen atoms in total.